The van der Waals surface area contributed by atoms with Crippen molar-refractivity contribution in [2.75, 3.05) is 13.1 Å². The van der Waals surface area contributed by atoms with Gasteiger partial charge >= 0.3 is 0 Å². The van der Waals surface area contributed by atoms with E-state index in [0.717, 1.165) is 29.6 Å². The van der Waals surface area contributed by atoms with Crippen molar-refractivity contribution in [2.24, 2.45) is 0 Å². The van der Waals surface area contributed by atoms with E-state index in [0.29, 0.717) is 16.8 Å². The van der Waals surface area contributed by atoms with Gasteiger partial charge in [-0.3, -0.25) is 0 Å². The molecule has 114 valence electrons. The summed E-state index contributed by atoms with van der Waals surface area (Å²) in [5.41, 5.74) is 0. The molecule has 0 aliphatic carbocycles. The molecule has 0 spiro atoms. The van der Waals surface area contributed by atoms with Crippen LogP contribution < -0.4 is 5.32 Å². The second-order valence-electron chi connectivity index (χ2n) is 5.39. The maximum Gasteiger partial charge on any atom is 0.252 e. The van der Waals surface area contributed by atoms with Crippen molar-refractivity contribution in [3.05, 3.63) is 15.9 Å². The van der Waals surface area contributed by atoms with Gasteiger partial charge in [-0.25, -0.2) is 8.42 Å². The third kappa shape index (κ3) is 3.82. The van der Waals surface area contributed by atoms with E-state index in [1.54, 1.807) is 16.4 Å². The summed E-state index contributed by atoms with van der Waals surface area (Å²) in [6, 6.07) is 3.92. The van der Waals surface area contributed by atoms with Gasteiger partial charge in [0.15, 0.2) is 0 Å². The lowest BCUT2D eigenvalue weighted by atomic mass is 10.0. The van der Waals surface area contributed by atoms with Gasteiger partial charge in [0, 0.05) is 25.2 Å². The highest BCUT2D eigenvalue weighted by Gasteiger charge is 2.34. The largest absolute Gasteiger partial charge is 0.313 e. The molecule has 1 atom stereocenters. The summed E-state index contributed by atoms with van der Waals surface area (Å²) in [6.45, 7) is 5.52. The highest BCUT2D eigenvalue weighted by Crippen LogP contribution is 2.31. The number of sulfonamides is 1. The summed E-state index contributed by atoms with van der Waals surface area (Å²) >= 11 is 4.62. The molecule has 0 radical (unpaired) electrons. The minimum Gasteiger partial charge on any atom is -0.313 e. The average Bonchev–Trinajstić information content (AvgIpc) is 2.84. The van der Waals surface area contributed by atoms with E-state index in [9.17, 15) is 8.42 Å². The predicted molar refractivity (Wildman–Crippen MR) is 86.7 cm³/mol. The molecule has 1 saturated heterocycles. The van der Waals surface area contributed by atoms with Gasteiger partial charge in [0.1, 0.15) is 4.21 Å². The van der Waals surface area contributed by atoms with Crippen LogP contribution in [0, 0.1) is 0 Å². The van der Waals surface area contributed by atoms with Crippen molar-refractivity contribution in [1.29, 1.82) is 0 Å². The fraction of sp³-hybridized carbons (Fsp3) is 0.692. The molecule has 1 aliphatic heterocycles. The molecule has 2 heterocycles. The van der Waals surface area contributed by atoms with Crippen LogP contribution in [0.2, 0.25) is 0 Å². The molecule has 1 fully saturated rings. The van der Waals surface area contributed by atoms with Gasteiger partial charge in [0.25, 0.3) is 10.0 Å². The monoisotopic (exact) mass is 380 g/mol. The Balaban J connectivity index is 2.18. The van der Waals surface area contributed by atoms with Crippen molar-refractivity contribution >= 4 is 37.3 Å². The number of halogens is 1. The van der Waals surface area contributed by atoms with Crippen LogP contribution in [-0.4, -0.2) is 37.9 Å². The molecule has 7 heteroatoms. The molecular weight excluding hydrogens is 360 g/mol. The fourth-order valence-electron chi connectivity index (χ4n) is 2.42. The van der Waals surface area contributed by atoms with Crippen molar-refractivity contribution in [3.8, 4) is 0 Å². The zero-order valence-electron chi connectivity index (χ0n) is 11.8. The minimum atomic E-state index is -3.36. The Morgan fingerprint density at radius 2 is 2.20 bits per heavy atom. The number of thiophene rings is 1. The predicted octanol–water partition coefficient (Wildman–Crippen LogP) is 3.05. The Morgan fingerprint density at radius 1 is 1.45 bits per heavy atom. The molecule has 4 nitrogen and oxygen atoms in total. The summed E-state index contributed by atoms with van der Waals surface area (Å²) in [6.07, 6.45) is 2.99. The van der Waals surface area contributed by atoms with Crippen molar-refractivity contribution in [1.82, 2.24) is 9.62 Å². The lowest BCUT2D eigenvalue weighted by Crippen LogP contribution is -2.49. The first kappa shape index (κ1) is 16.4. The molecule has 1 aromatic rings. The normalized spacial score (nSPS) is 21.5. The molecule has 0 saturated carbocycles. The van der Waals surface area contributed by atoms with Gasteiger partial charge in [-0.2, -0.15) is 4.31 Å². The van der Waals surface area contributed by atoms with E-state index in [4.69, 9.17) is 0 Å². The van der Waals surface area contributed by atoms with E-state index in [1.807, 2.05) is 0 Å². The van der Waals surface area contributed by atoms with Crippen molar-refractivity contribution in [2.45, 2.75) is 49.4 Å². The van der Waals surface area contributed by atoms with E-state index in [-0.39, 0.29) is 6.04 Å². The standard InChI is InChI=1S/C13H21BrN2O2S2/c1-10(2)15-9-11-5-3-4-8-16(11)20(17,18)13-7-6-12(14)19-13/h6-7,10-11,15H,3-5,8-9H2,1-2H3. The molecule has 1 unspecified atom stereocenters. The Bertz CT molecular complexity index is 542. The Morgan fingerprint density at radius 3 is 2.80 bits per heavy atom. The van der Waals surface area contributed by atoms with Gasteiger partial charge < -0.3 is 5.32 Å². The van der Waals surface area contributed by atoms with E-state index >= 15 is 0 Å². The molecular formula is C13H21BrN2O2S2. The van der Waals surface area contributed by atoms with Crippen LogP contribution in [0.4, 0.5) is 0 Å². The topological polar surface area (TPSA) is 49.4 Å². The molecule has 0 bridgehead atoms. The maximum atomic E-state index is 12.7. The first-order chi connectivity index (χ1) is 9.41. The number of nitrogens with zero attached hydrogens (tertiary/aromatic N) is 1. The SMILES string of the molecule is CC(C)NCC1CCCCN1S(=O)(=O)c1ccc(Br)s1. The summed E-state index contributed by atoms with van der Waals surface area (Å²) in [4.78, 5) is 0. The lowest BCUT2D eigenvalue weighted by molar-refractivity contribution is 0.242. The van der Waals surface area contributed by atoms with Crippen LogP contribution >= 0.6 is 27.3 Å². The Labute approximate surface area is 133 Å². The van der Waals surface area contributed by atoms with Gasteiger partial charge in [-0.05, 0) is 40.9 Å². The highest BCUT2D eigenvalue weighted by atomic mass is 79.9. The molecule has 1 aromatic heterocycles. The smallest absolute Gasteiger partial charge is 0.252 e. The summed E-state index contributed by atoms with van der Waals surface area (Å²) in [7, 11) is -3.36. The van der Waals surface area contributed by atoms with Crippen LogP contribution in [0.3, 0.4) is 0 Å². The third-order valence-electron chi connectivity index (χ3n) is 3.45. The van der Waals surface area contributed by atoms with Crippen LogP contribution in [-0.2, 0) is 10.0 Å². The summed E-state index contributed by atoms with van der Waals surface area (Å²) in [5, 5.41) is 3.36. The van der Waals surface area contributed by atoms with E-state index in [2.05, 4.69) is 35.1 Å². The number of rotatable bonds is 5. The number of nitrogens with one attached hydrogen (secondary N) is 1. The summed E-state index contributed by atoms with van der Waals surface area (Å²) in [5.74, 6) is 0. The first-order valence-corrected chi connectivity index (χ1v) is 9.97. The van der Waals surface area contributed by atoms with E-state index in [1.165, 1.54) is 11.3 Å². The number of piperidine rings is 1. The number of hydrogen-bond donors (Lipinski definition) is 1. The molecule has 1 aliphatic rings. The highest BCUT2D eigenvalue weighted by molar-refractivity contribution is 9.11. The lowest BCUT2D eigenvalue weighted by Gasteiger charge is -2.34. The Hall–Kier alpha value is 0.0500. The quantitative estimate of drug-likeness (QED) is 0.853. The van der Waals surface area contributed by atoms with Crippen molar-refractivity contribution in [3.63, 3.8) is 0 Å². The van der Waals surface area contributed by atoms with Gasteiger partial charge in [-0.15, -0.1) is 11.3 Å². The van der Waals surface area contributed by atoms with Crippen LogP contribution in [0.25, 0.3) is 0 Å². The maximum absolute atomic E-state index is 12.7. The van der Waals surface area contributed by atoms with Gasteiger partial charge in [-0.1, -0.05) is 20.3 Å². The van der Waals surface area contributed by atoms with Crippen LogP contribution in [0.5, 0.6) is 0 Å². The Kier molecular flexibility index (Phi) is 5.64. The molecule has 0 aromatic carbocycles. The van der Waals surface area contributed by atoms with Crippen LogP contribution in [0.1, 0.15) is 33.1 Å². The van der Waals surface area contributed by atoms with Crippen molar-refractivity contribution < 1.29 is 8.42 Å². The van der Waals surface area contributed by atoms with E-state index < -0.39 is 10.0 Å². The molecule has 0 amide bonds. The zero-order valence-corrected chi connectivity index (χ0v) is 15.0. The average molecular weight is 381 g/mol. The zero-order chi connectivity index (χ0) is 14.8. The van der Waals surface area contributed by atoms with Crippen LogP contribution in [0.15, 0.2) is 20.1 Å². The minimum absolute atomic E-state index is 0.0667. The second-order valence-corrected chi connectivity index (χ2v) is 9.97. The van der Waals surface area contributed by atoms with Gasteiger partial charge in [0.2, 0.25) is 0 Å². The number of hydrogen-bond acceptors (Lipinski definition) is 4. The molecule has 20 heavy (non-hydrogen) atoms. The second kappa shape index (κ2) is 6.87. The molecule has 2 rings (SSSR count). The third-order valence-corrected chi connectivity index (χ3v) is 7.49. The fourth-order valence-corrected chi connectivity index (χ4v) is 6.25. The first-order valence-electron chi connectivity index (χ1n) is 6.92. The van der Waals surface area contributed by atoms with Gasteiger partial charge in [0.05, 0.1) is 3.79 Å². The summed E-state index contributed by atoms with van der Waals surface area (Å²) < 4.78 is 28.5. The molecule has 1 N–H and O–H groups in total.